The zero-order valence-electron chi connectivity index (χ0n) is 17.3. The smallest absolute Gasteiger partial charge is 0.269 e. The molecule has 0 bridgehead atoms. The van der Waals surface area contributed by atoms with Crippen LogP contribution in [0.25, 0.3) is 0 Å². The van der Waals surface area contributed by atoms with Crippen molar-refractivity contribution in [3.63, 3.8) is 0 Å². The summed E-state index contributed by atoms with van der Waals surface area (Å²) < 4.78 is 38.2. The molecule has 0 fully saturated rings. The molecular weight excluding hydrogens is 434 g/mol. The van der Waals surface area contributed by atoms with Crippen LogP contribution in [0.1, 0.15) is 20.7 Å². The lowest BCUT2D eigenvalue weighted by Gasteiger charge is -2.12. The van der Waals surface area contributed by atoms with E-state index in [1.807, 2.05) is 0 Å². The minimum Gasteiger partial charge on any atom is -0.497 e. The average Bonchev–Trinajstić information content (AvgIpc) is 2.82. The lowest BCUT2D eigenvalue weighted by atomic mass is 10.2. The van der Waals surface area contributed by atoms with Gasteiger partial charge >= 0.3 is 0 Å². The third kappa shape index (κ3) is 5.35. The van der Waals surface area contributed by atoms with Gasteiger partial charge in [-0.1, -0.05) is 24.3 Å². The number of hydrogen-bond acceptors (Lipinski definition) is 6. The number of para-hydroxylation sites is 2. The number of ether oxygens (including phenoxy) is 2. The van der Waals surface area contributed by atoms with Crippen molar-refractivity contribution in [1.82, 2.24) is 10.9 Å². The van der Waals surface area contributed by atoms with Crippen LogP contribution in [0.2, 0.25) is 0 Å². The molecular formula is C22H21N3O6S. The number of hydrogen-bond donors (Lipinski definition) is 3. The molecule has 0 radical (unpaired) electrons. The minimum absolute atomic E-state index is 0.0406. The van der Waals surface area contributed by atoms with Crippen LogP contribution in [0.4, 0.5) is 5.69 Å². The Labute approximate surface area is 185 Å². The molecule has 0 aromatic heterocycles. The highest BCUT2D eigenvalue weighted by Crippen LogP contribution is 2.26. The van der Waals surface area contributed by atoms with Crippen molar-refractivity contribution < 1.29 is 27.5 Å². The van der Waals surface area contributed by atoms with Gasteiger partial charge in [0.2, 0.25) is 0 Å². The van der Waals surface area contributed by atoms with E-state index in [4.69, 9.17) is 9.47 Å². The fraction of sp³-hybridized carbons (Fsp3) is 0.0909. The van der Waals surface area contributed by atoms with E-state index in [1.165, 1.54) is 44.6 Å². The van der Waals surface area contributed by atoms with Crippen LogP contribution >= 0.6 is 0 Å². The van der Waals surface area contributed by atoms with Crippen molar-refractivity contribution >= 4 is 27.5 Å². The summed E-state index contributed by atoms with van der Waals surface area (Å²) in [6.45, 7) is 0. The quantitative estimate of drug-likeness (QED) is 0.471. The van der Waals surface area contributed by atoms with Gasteiger partial charge in [-0.2, -0.15) is 0 Å². The first-order chi connectivity index (χ1) is 15.3. The van der Waals surface area contributed by atoms with E-state index in [2.05, 4.69) is 15.6 Å². The highest BCUT2D eigenvalue weighted by molar-refractivity contribution is 7.92. The summed E-state index contributed by atoms with van der Waals surface area (Å²) in [5, 5.41) is 0. The number of amides is 2. The number of hydrazine groups is 1. The molecule has 0 saturated carbocycles. The van der Waals surface area contributed by atoms with Crippen LogP contribution in [0.5, 0.6) is 11.5 Å². The summed E-state index contributed by atoms with van der Waals surface area (Å²) in [6, 6.07) is 18.3. The van der Waals surface area contributed by atoms with Crippen LogP contribution in [-0.4, -0.2) is 34.5 Å². The van der Waals surface area contributed by atoms with E-state index in [1.54, 1.807) is 42.5 Å². The topological polar surface area (TPSA) is 123 Å². The third-order valence-corrected chi connectivity index (χ3v) is 5.74. The van der Waals surface area contributed by atoms with Crippen LogP contribution < -0.4 is 25.0 Å². The summed E-state index contributed by atoms with van der Waals surface area (Å²) in [5.74, 6) is -0.399. The molecule has 32 heavy (non-hydrogen) atoms. The Kier molecular flexibility index (Phi) is 6.96. The van der Waals surface area contributed by atoms with Crippen LogP contribution in [-0.2, 0) is 10.0 Å². The van der Waals surface area contributed by atoms with E-state index in [-0.39, 0.29) is 21.7 Å². The first-order valence-corrected chi connectivity index (χ1v) is 10.8. The molecule has 0 saturated heterocycles. The van der Waals surface area contributed by atoms with Gasteiger partial charge in [0.25, 0.3) is 21.8 Å². The monoisotopic (exact) mass is 455 g/mol. The summed E-state index contributed by atoms with van der Waals surface area (Å²) in [4.78, 5) is 24.6. The normalized spacial score (nSPS) is 10.7. The van der Waals surface area contributed by atoms with E-state index in [9.17, 15) is 18.0 Å². The highest BCUT2D eigenvalue weighted by atomic mass is 32.2. The van der Waals surface area contributed by atoms with Crippen molar-refractivity contribution in [2.45, 2.75) is 4.90 Å². The van der Waals surface area contributed by atoms with Gasteiger partial charge in [0, 0.05) is 11.1 Å². The molecule has 3 N–H and O–H groups in total. The maximum absolute atomic E-state index is 12.8. The van der Waals surface area contributed by atoms with E-state index < -0.39 is 21.8 Å². The van der Waals surface area contributed by atoms with Gasteiger partial charge in [-0.05, 0) is 48.5 Å². The Balaban J connectivity index is 1.72. The first kappa shape index (κ1) is 22.6. The number of anilines is 1. The molecule has 0 atom stereocenters. The molecule has 3 rings (SSSR count). The number of methoxy groups -OCH3 is 2. The molecule has 9 nitrogen and oxygen atoms in total. The number of carbonyl (C=O) groups is 2. The number of carbonyl (C=O) groups excluding carboxylic acids is 2. The molecule has 10 heteroatoms. The van der Waals surface area contributed by atoms with Crippen molar-refractivity contribution in [2.24, 2.45) is 0 Å². The Morgan fingerprint density at radius 3 is 2.03 bits per heavy atom. The Morgan fingerprint density at radius 1 is 0.750 bits per heavy atom. The number of sulfonamides is 1. The van der Waals surface area contributed by atoms with E-state index in [0.717, 1.165) is 0 Å². The average molecular weight is 455 g/mol. The van der Waals surface area contributed by atoms with Crippen molar-refractivity contribution in [1.29, 1.82) is 0 Å². The Morgan fingerprint density at radius 2 is 1.38 bits per heavy atom. The second-order valence-corrected chi connectivity index (χ2v) is 8.16. The van der Waals surface area contributed by atoms with Crippen LogP contribution in [0.15, 0.2) is 77.7 Å². The SMILES string of the molecule is COc1cccc(C(=O)NNC(=O)c2cccc(S(=O)(=O)Nc3ccccc3OC)c2)c1. The summed E-state index contributed by atoms with van der Waals surface area (Å²) >= 11 is 0. The lowest BCUT2D eigenvalue weighted by Crippen LogP contribution is -2.41. The Hall–Kier alpha value is -4.05. The Bertz CT molecular complexity index is 1240. The number of nitrogens with one attached hydrogen (secondary N) is 3. The molecule has 0 aliphatic rings. The fourth-order valence-corrected chi connectivity index (χ4v) is 3.88. The largest absolute Gasteiger partial charge is 0.497 e. The van der Waals surface area contributed by atoms with Crippen molar-refractivity contribution in [3.05, 3.63) is 83.9 Å². The molecule has 166 valence electrons. The van der Waals surface area contributed by atoms with Gasteiger partial charge in [-0.15, -0.1) is 0 Å². The molecule has 0 unspecified atom stereocenters. The van der Waals surface area contributed by atoms with E-state index in [0.29, 0.717) is 11.5 Å². The van der Waals surface area contributed by atoms with Crippen molar-refractivity contribution in [2.75, 3.05) is 18.9 Å². The predicted molar refractivity (Wildman–Crippen MR) is 118 cm³/mol. The van der Waals surface area contributed by atoms with Gasteiger partial charge in [0.05, 0.1) is 24.8 Å². The number of benzene rings is 3. The molecule has 3 aromatic carbocycles. The van der Waals surface area contributed by atoms with Gasteiger partial charge in [0.15, 0.2) is 0 Å². The van der Waals surface area contributed by atoms with Crippen LogP contribution in [0.3, 0.4) is 0 Å². The van der Waals surface area contributed by atoms with Crippen LogP contribution in [0, 0.1) is 0 Å². The lowest BCUT2D eigenvalue weighted by molar-refractivity contribution is 0.0846. The summed E-state index contributed by atoms with van der Waals surface area (Å²) in [5.41, 5.74) is 5.13. The van der Waals surface area contributed by atoms with Crippen molar-refractivity contribution in [3.8, 4) is 11.5 Å². The molecule has 0 spiro atoms. The predicted octanol–water partition coefficient (Wildman–Crippen LogP) is 2.58. The summed E-state index contributed by atoms with van der Waals surface area (Å²) in [6.07, 6.45) is 0. The molecule has 2 amide bonds. The maximum atomic E-state index is 12.8. The fourth-order valence-electron chi connectivity index (χ4n) is 2.76. The standard InChI is InChI=1S/C22H21N3O6S/c1-30-17-9-5-7-15(13-17)21(26)23-24-22(27)16-8-6-10-18(14-16)32(28,29)25-19-11-3-4-12-20(19)31-2/h3-14,25H,1-2H3,(H,23,26)(H,24,27). The second kappa shape index (κ2) is 9.84. The minimum atomic E-state index is -4.00. The van der Waals surface area contributed by atoms with Gasteiger partial charge < -0.3 is 9.47 Å². The van der Waals surface area contributed by atoms with Gasteiger partial charge in [-0.3, -0.25) is 25.2 Å². The molecule has 0 aliphatic carbocycles. The first-order valence-electron chi connectivity index (χ1n) is 9.34. The third-order valence-electron chi connectivity index (χ3n) is 4.38. The van der Waals surface area contributed by atoms with E-state index >= 15 is 0 Å². The number of rotatable bonds is 7. The van der Waals surface area contributed by atoms with Gasteiger partial charge in [0.1, 0.15) is 11.5 Å². The zero-order chi connectivity index (χ0) is 23.1. The summed E-state index contributed by atoms with van der Waals surface area (Å²) in [7, 11) is -1.09. The molecule has 3 aromatic rings. The van der Waals surface area contributed by atoms with Gasteiger partial charge in [-0.25, -0.2) is 8.42 Å². The second-order valence-electron chi connectivity index (χ2n) is 6.47. The molecule has 0 aliphatic heterocycles. The highest BCUT2D eigenvalue weighted by Gasteiger charge is 2.18. The molecule has 0 heterocycles. The maximum Gasteiger partial charge on any atom is 0.269 e. The zero-order valence-corrected chi connectivity index (χ0v) is 18.1.